The summed E-state index contributed by atoms with van der Waals surface area (Å²) in [4.78, 5) is 5.95. The lowest BCUT2D eigenvalue weighted by Crippen LogP contribution is -2.38. The van der Waals surface area contributed by atoms with Crippen molar-refractivity contribution in [2.75, 3.05) is 25.4 Å². The van der Waals surface area contributed by atoms with E-state index in [1.807, 2.05) is 11.8 Å². The van der Waals surface area contributed by atoms with Crippen LogP contribution < -0.4 is 10.6 Å². The van der Waals surface area contributed by atoms with Gasteiger partial charge in [-0.1, -0.05) is 31.0 Å². The van der Waals surface area contributed by atoms with E-state index in [0.29, 0.717) is 0 Å². The minimum absolute atomic E-state index is 0.918. The first-order valence-electron chi connectivity index (χ1n) is 7.58. The van der Waals surface area contributed by atoms with Crippen LogP contribution in [0.2, 0.25) is 0 Å². The molecular formula is C16H25N3S. The van der Waals surface area contributed by atoms with E-state index < -0.39 is 0 Å². The molecule has 0 heterocycles. The van der Waals surface area contributed by atoms with Gasteiger partial charge in [-0.3, -0.25) is 4.99 Å². The van der Waals surface area contributed by atoms with Crippen LogP contribution in [0.5, 0.6) is 0 Å². The Morgan fingerprint density at radius 1 is 1.25 bits per heavy atom. The van der Waals surface area contributed by atoms with Crippen molar-refractivity contribution in [2.45, 2.75) is 31.1 Å². The number of hydrogen-bond acceptors (Lipinski definition) is 2. The standard InChI is InChI=1S/C16H25N3S/c1-2-17-16(18-11-10-14-8-9-14)19-12-13-20-15-6-4-3-5-7-15/h3-7,14H,2,8-13H2,1H3,(H2,17,18,19). The molecule has 110 valence electrons. The van der Waals surface area contributed by atoms with Crippen LogP contribution in [0.1, 0.15) is 26.2 Å². The van der Waals surface area contributed by atoms with E-state index in [1.54, 1.807) is 0 Å². The molecule has 0 saturated heterocycles. The highest BCUT2D eigenvalue weighted by molar-refractivity contribution is 7.99. The molecule has 1 saturated carbocycles. The first kappa shape index (κ1) is 15.2. The molecule has 0 atom stereocenters. The van der Waals surface area contributed by atoms with Crippen molar-refractivity contribution in [3.05, 3.63) is 30.3 Å². The van der Waals surface area contributed by atoms with Gasteiger partial charge in [0.15, 0.2) is 5.96 Å². The molecule has 1 aromatic carbocycles. The van der Waals surface area contributed by atoms with Gasteiger partial charge < -0.3 is 10.6 Å². The molecule has 4 heteroatoms. The van der Waals surface area contributed by atoms with E-state index in [2.05, 4.69) is 52.9 Å². The van der Waals surface area contributed by atoms with Crippen LogP contribution in [0.3, 0.4) is 0 Å². The van der Waals surface area contributed by atoms with E-state index in [0.717, 1.165) is 37.3 Å². The average molecular weight is 291 g/mol. The second kappa shape index (κ2) is 8.90. The highest BCUT2D eigenvalue weighted by Gasteiger charge is 2.20. The van der Waals surface area contributed by atoms with Gasteiger partial charge >= 0.3 is 0 Å². The maximum absolute atomic E-state index is 4.62. The zero-order valence-electron chi connectivity index (χ0n) is 12.3. The smallest absolute Gasteiger partial charge is 0.191 e. The normalized spacial score (nSPS) is 15.2. The lowest BCUT2D eigenvalue weighted by molar-refractivity contribution is 0.728. The molecule has 0 bridgehead atoms. The molecule has 0 aliphatic heterocycles. The summed E-state index contributed by atoms with van der Waals surface area (Å²) in [5.41, 5.74) is 0. The maximum Gasteiger partial charge on any atom is 0.191 e. The molecule has 0 amide bonds. The lowest BCUT2D eigenvalue weighted by atomic mass is 10.3. The van der Waals surface area contributed by atoms with Crippen molar-refractivity contribution in [3.63, 3.8) is 0 Å². The fourth-order valence-electron chi connectivity index (χ4n) is 1.96. The summed E-state index contributed by atoms with van der Waals surface area (Å²) >= 11 is 1.87. The van der Waals surface area contributed by atoms with Crippen LogP contribution in [0.25, 0.3) is 0 Å². The predicted octanol–water partition coefficient (Wildman–Crippen LogP) is 3.13. The molecule has 3 nitrogen and oxygen atoms in total. The van der Waals surface area contributed by atoms with E-state index in [9.17, 15) is 0 Å². The number of nitrogens with one attached hydrogen (secondary N) is 2. The molecule has 1 fully saturated rings. The highest BCUT2D eigenvalue weighted by Crippen LogP contribution is 2.32. The molecule has 2 N–H and O–H groups in total. The number of aliphatic imine (C=N–C) groups is 1. The first-order valence-corrected chi connectivity index (χ1v) is 8.57. The Balaban J connectivity index is 1.63. The molecule has 1 aliphatic carbocycles. The third-order valence-corrected chi connectivity index (χ3v) is 4.27. The Hall–Kier alpha value is -1.16. The van der Waals surface area contributed by atoms with E-state index in [1.165, 1.54) is 24.2 Å². The summed E-state index contributed by atoms with van der Waals surface area (Å²) in [7, 11) is 0. The predicted molar refractivity (Wildman–Crippen MR) is 88.5 cm³/mol. The SMILES string of the molecule is CCNC(=NCCC1CC1)NCCSc1ccccc1. The van der Waals surface area contributed by atoms with Crippen LogP contribution in [-0.2, 0) is 0 Å². The molecule has 1 aliphatic rings. The van der Waals surface area contributed by atoms with E-state index >= 15 is 0 Å². The Morgan fingerprint density at radius 3 is 2.75 bits per heavy atom. The Kier molecular flexibility index (Phi) is 6.78. The van der Waals surface area contributed by atoms with Gasteiger partial charge in [0.05, 0.1) is 0 Å². The van der Waals surface area contributed by atoms with E-state index in [4.69, 9.17) is 0 Å². The van der Waals surface area contributed by atoms with E-state index in [-0.39, 0.29) is 0 Å². The molecule has 0 unspecified atom stereocenters. The second-order valence-corrected chi connectivity index (χ2v) is 6.25. The number of nitrogens with zero attached hydrogens (tertiary/aromatic N) is 1. The maximum atomic E-state index is 4.62. The Labute approximate surface area is 126 Å². The first-order chi connectivity index (χ1) is 9.88. The summed E-state index contributed by atoms with van der Waals surface area (Å²) < 4.78 is 0. The van der Waals surface area contributed by atoms with Crippen molar-refractivity contribution in [2.24, 2.45) is 10.9 Å². The van der Waals surface area contributed by atoms with Crippen molar-refractivity contribution >= 4 is 17.7 Å². The number of benzene rings is 1. The largest absolute Gasteiger partial charge is 0.357 e. The highest BCUT2D eigenvalue weighted by atomic mass is 32.2. The molecule has 2 rings (SSSR count). The summed E-state index contributed by atoms with van der Waals surface area (Å²) in [5, 5.41) is 6.71. The van der Waals surface area contributed by atoms with Crippen LogP contribution in [0, 0.1) is 5.92 Å². The summed E-state index contributed by atoms with van der Waals surface area (Å²) in [6.45, 7) is 4.92. The van der Waals surface area contributed by atoms with Crippen LogP contribution in [0.15, 0.2) is 40.2 Å². The molecule has 20 heavy (non-hydrogen) atoms. The van der Waals surface area contributed by atoms with Crippen molar-refractivity contribution in [3.8, 4) is 0 Å². The van der Waals surface area contributed by atoms with Gasteiger partial charge in [0.2, 0.25) is 0 Å². The van der Waals surface area contributed by atoms with Gasteiger partial charge in [-0.2, -0.15) is 0 Å². The monoisotopic (exact) mass is 291 g/mol. The van der Waals surface area contributed by atoms with Crippen LogP contribution >= 0.6 is 11.8 Å². The topological polar surface area (TPSA) is 36.4 Å². The number of thioether (sulfide) groups is 1. The molecule has 0 radical (unpaired) electrons. The quantitative estimate of drug-likeness (QED) is 0.334. The minimum atomic E-state index is 0.918. The number of rotatable bonds is 8. The average Bonchev–Trinajstić information content (AvgIpc) is 3.29. The van der Waals surface area contributed by atoms with Crippen molar-refractivity contribution in [1.82, 2.24) is 10.6 Å². The third kappa shape index (κ3) is 6.33. The fraction of sp³-hybridized carbons (Fsp3) is 0.562. The fourth-order valence-corrected chi connectivity index (χ4v) is 2.75. The molecule has 0 spiro atoms. The second-order valence-electron chi connectivity index (χ2n) is 5.08. The van der Waals surface area contributed by atoms with Crippen molar-refractivity contribution in [1.29, 1.82) is 0 Å². The number of hydrogen-bond donors (Lipinski definition) is 2. The zero-order chi connectivity index (χ0) is 14.0. The van der Waals surface area contributed by atoms with Crippen LogP contribution in [0.4, 0.5) is 0 Å². The van der Waals surface area contributed by atoms with Crippen LogP contribution in [-0.4, -0.2) is 31.3 Å². The minimum Gasteiger partial charge on any atom is -0.357 e. The molecular weight excluding hydrogens is 266 g/mol. The van der Waals surface area contributed by atoms with Gasteiger partial charge in [0.25, 0.3) is 0 Å². The van der Waals surface area contributed by atoms with Crippen molar-refractivity contribution < 1.29 is 0 Å². The summed E-state index contributed by atoms with van der Waals surface area (Å²) in [6, 6.07) is 10.5. The van der Waals surface area contributed by atoms with Gasteiger partial charge in [-0.05, 0) is 31.4 Å². The van der Waals surface area contributed by atoms with Gasteiger partial charge in [0.1, 0.15) is 0 Å². The number of guanidine groups is 1. The zero-order valence-corrected chi connectivity index (χ0v) is 13.1. The lowest BCUT2D eigenvalue weighted by Gasteiger charge is -2.11. The van der Waals surface area contributed by atoms with Gasteiger partial charge in [-0.25, -0.2) is 0 Å². The third-order valence-electron chi connectivity index (χ3n) is 3.25. The van der Waals surface area contributed by atoms with Gasteiger partial charge in [-0.15, -0.1) is 11.8 Å². The molecule has 0 aromatic heterocycles. The Morgan fingerprint density at radius 2 is 2.05 bits per heavy atom. The Bertz CT molecular complexity index is 401. The summed E-state index contributed by atoms with van der Waals surface area (Å²) in [5.74, 6) is 2.97. The van der Waals surface area contributed by atoms with Gasteiger partial charge in [0, 0.05) is 30.3 Å². The summed E-state index contributed by atoms with van der Waals surface area (Å²) in [6.07, 6.45) is 4.07. The molecule has 1 aromatic rings.